The first-order valence-electron chi connectivity index (χ1n) is 8.48. The van der Waals surface area contributed by atoms with Crippen molar-refractivity contribution in [1.82, 2.24) is 15.1 Å². The quantitative estimate of drug-likeness (QED) is 0.641. The number of rotatable bonds is 1. The maximum atomic E-state index is 5.68. The summed E-state index contributed by atoms with van der Waals surface area (Å²) in [5.41, 5.74) is 8.04. The molecule has 0 aliphatic carbocycles. The van der Waals surface area contributed by atoms with Gasteiger partial charge in [0.2, 0.25) is 0 Å². The molecular weight excluding hydrogens is 298 g/mol. The monoisotopic (exact) mass is 319 g/mol. The average molecular weight is 319 g/mol. The number of hydrogen-bond donors (Lipinski definition) is 1. The highest BCUT2D eigenvalue weighted by atomic mass is 15.3. The molecule has 3 aliphatic heterocycles. The number of fused-ring (bicyclic) bond motifs is 4. The van der Waals surface area contributed by atoms with Crippen LogP contribution in [-0.4, -0.2) is 47.3 Å². The van der Waals surface area contributed by atoms with Gasteiger partial charge in [-0.05, 0) is 55.2 Å². The van der Waals surface area contributed by atoms with Crippen LogP contribution >= 0.6 is 0 Å². The van der Waals surface area contributed by atoms with Gasteiger partial charge in [0.25, 0.3) is 0 Å². The Labute approximate surface area is 142 Å². The Kier molecular flexibility index (Phi) is 4.06. The molecule has 3 aliphatic rings. The summed E-state index contributed by atoms with van der Waals surface area (Å²) in [6.45, 7) is 4.58. The maximum absolute atomic E-state index is 5.68. The minimum Gasteiger partial charge on any atom is -0.399 e. The Hall–Kier alpha value is -2.58. The van der Waals surface area contributed by atoms with E-state index in [1.54, 1.807) is 0 Å². The second kappa shape index (κ2) is 6.50. The van der Waals surface area contributed by atoms with Crippen LogP contribution in [0.15, 0.2) is 36.4 Å². The molecule has 0 spiro atoms. The third-order valence-corrected chi connectivity index (χ3v) is 4.85. The number of nitrogens with two attached hydrogens (primary N) is 1. The van der Waals surface area contributed by atoms with Gasteiger partial charge in [-0.15, -0.1) is 10.2 Å². The van der Waals surface area contributed by atoms with Gasteiger partial charge in [0, 0.05) is 43.5 Å². The summed E-state index contributed by atoms with van der Waals surface area (Å²) in [6.07, 6.45) is 2.45. The van der Waals surface area contributed by atoms with Gasteiger partial charge >= 0.3 is 0 Å². The predicted octanol–water partition coefficient (Wildman–Crippen LogP) is 1.74. The van der Waals surface area contributed by atoms with E-state index >= 15 is 0 Å². The van der Waals surface area contributed by atoms with Crippen molar-refractivity contribution >= 4 is 11.5 Å². The SMILES string of the molecule is Nc1ccc(C#Cc2ccc(N3CCN4CCC3CC4)nn2)cc1. The van der Waals surface area contributed by atoms with Crippen LogP contribution < -0.4 is 10.6 Å². The summed E-state index contributed by atoms with van der Waals surface area (Å²) >= 11 is 0. The molecule has 0 radical (unpaired) electrons. The predicted molar refractivity (Wildman–Crippen MR) is 95.7 cm³/mol. The normalized spacial score (nSPS) is 22.6. The first kappa shape index (κ1) is 15.0. The minimum absolute atomic E-state index is 0.602. The van der Waals surface area contributed by atoms with Gasteiger partial charge in [-0.1, -0.05) is 5.92 Å². The third-order valence-electron chi connectivity index (χ3n) is 4.85. The van der Waals surface area contributed by atoms with Gasteiger partial charge < -0.3 is 15.5 Å². The van der Waals surface area contributed by atoms with Crippen LogP contribution in [0.3, 0.4) is 0 Å². The molecule has 3 saturated heterocycles. The highest BCUT2D eigenvalue weighted by Gasteiger charge is 2.29. The van der Waals surface area contributed by atoms with E-state index in [1.165, 1.54) is 25.9 Å². The van der Waals surface area contributed by atoms with Crippen LogP contribution in [0.25, 0.3) is 0 Å². The van der Waals surface area contributed by atoms with Gasteiger partial charge in [0.1, 0.15) is 5.69 Å². The topological polar surface area (TPSA) is 58.3 Å². The van der Waals surface area contributed by atoms with Crippen LogP contribution in [0.5, 0.6) is 0 Å². The summed E-state index contributed by atoms with van der Waals surface area (Å²) in [7, 11) is 0. The molecule has 2 bridgehead atoms. The molecule has 1 aromatic carbocycles. The van der Waals surface area contributed by atoms with Gasteiger partial charge in [-0.3, -0.25) is 0 Å². The maximum Gasteiger partial charge on any atom is 0.151 e. The first-order chi connectivity index (χ1) is 11.8. The highest BCUT2D eigenvalue weighted by Crippen LogP contribution is 2.24. The standard InChI is InChI=1S/C19H21N5/c20-16-4-1-15(2-5-16)3-6-17-7-8-19(22-21-17)24-14-13-23-11-9-18(24)10-12-23/h1-2,4-5,7-8,18H,9-14,20H2. The first-order valence-corrected chi connectivity index (χ1v) is 8.48. The number of anilines is 2. The van der Waals surface area contributed by atoms with Gasteiger partial charge in [0.15, 0.2) is 5.82 Å². The molecule has 0 amide bonds. The number of nitrogen functional groups attached to an aromatic ring is 1. The second-order valence-electron chi connectivity index (χ2n) is 6.41. The van der Waals surface area contributed by atoms with Gasteiger partial charge in [0.05, 0.1) is 0 Å². The number of benzene rings is 1. The van der Waals surface area contributed by atoms with Crippen molar-refractivity contribution in [2.24, 2.45) is 0 Å². The van der Waals surface area contributed by atoms with Crippen LogP contribution in [0.4, 0.5) is 11.5 Å². The Bertz CT molecular complexity index is 749. The number of nitrogens with zero attached hydrogens (tertiary/aromatic N) is 4. The fourth-order valence-corrected chi connectivity index (χ4v) is 3.44. The molecule has 2 aromatic rings. The number of aromatic nitrogens is 2. The van der Waals surface area contributed by atoms with Crippen LogP contribution in [0, 0.1) is 11.8 Å². The molecule has 5 heteroatoms. The summed E-state index contributed by atoms with van der Waals surface area (Å²) in [4.78, 5) is 4.95. The van der Waals surface area contributed by atoms with Crippen molar-refractivity contribution in [2.45, 2.75) is 18.9 Å². The zero-order chi connectivity index (χ0) is 16.4. The summed E-state index contributed by atoms with van der Waals surface area (Å²) < 4.78 is 0. The van der Waals surface area contributed by atoms with E-state index in [0.717, 1.165) is 30.2 Å². The fraction of sp³-hybridized carbons (Fsp3) is 0.368. The molecule has 5 nitrogen and oxygen atoms in total. The second-order valence-corrected chi connectivity index (χ2v) is 6.41. The van der Waals surface area contributed by atoms with E-state index < -0.39 is 0 Å². The zero-order valence-corrected chi connectivity index (χ0v) is 13.7. The lowest BCUT2D eigenvalue weighted by atomic mass is 10.1. The molecule has 24 heavy (non-hydrogen) atoms. The summed E-state index contributed by atoms with van der Waals surface area (Å²) in [6, 6.07) is 12.1. The van der Waals surface area contributed by atoms with E-state index in [2.05, 4.69) is 31.8 Å². The van der Waals surface area contributed by atoms with Crippen molar-refractivity contribution in [2.75, 3.05) is 36.8 Å². The zero-order valence-electron chi connectivity index (χ0n) is 13.7. The summed E-state index contributed by atoms with van der Waals surface area (Å²) in [5.74, 6) is 7.13. The fourth-order valence-electron chi connectivity index (χ4n) is 3.44. The molecule has 122 valence electrons. The van der Waals surface area contributed by atoms with E-state index in [1.807, 2.05) is 36.4 Å². The third kappa shape index (κ3) is 3.19. The minimum atomic E-state index is 0.602. The molecule has 1 aromatic heterocycles. The van der Waals surface area contributed by atoms with E-state index in [4.69, 9.17) is 5.73 Å². The Morgan fingerprint density at radius 1 is 0.875 bits per heavy atom. The molecule has 4 heterocycles. The van der Waals surface area contributed by atoms with Crippen LogP contribution in [-0.2, 0) is 0 Å². The smallest absolute Gasteiger partial charge is 0.151 e. The van der Waals surface area contributed by atoms with Gasteiger partial charge in [-0.2, -0.15) is 0 Å². The molecule has 3 fully saturated rings. The lowest BCUT2D eigenvalue weighted by Gasteiger charge is -2.31. The van der Waals surface area contributed by atoms with Crippen LogP contribution in [0.1, 0.15) is 24.1 Å². The molecule has 0 saturated carbocycles. The molecule has 0 atom stereocenters. The number of piperidine rings is 1. The Balaban J connectivity index is 1.50. The van der Waals surface area contributed by atoms with Gasteiger partial charge in [-0.25, -0.2) is 0 Å². The molecule has 2 N–H and O–H groups in total. The van der Waals surface area contributed by atoms with Crippen molar-refractivity contribution < 1.29 is 0 Å². The van der Waals surface area contributed by atoms with Crippen molar-refractivity contribution in [3.63, 3.8) is 0 Å². The molecular formula is C19H21N5. The Morgan fingerprint density at radius 2 is 1.67 bits per heavy atom. The lowest BCUT2D eigenvalue weighted by molar-refractivity contribution is 0.250. The van der Waals surface area contributed by atoms with E-state index in [9.17, 15) is 0 Å². The van der Waals surface area contributed by atoms with Crippen molar-refractivity contribution in [3.8, 4) is 11.8 Å². The van der Waals surface area contributed by atoms with Crippen LogP contribution in [0.2, 0.25) is 0 Å². The molecule has 0 unspecified atom stereocenters. The largest absolute Gasteiger partial charge is 0.399 e. The van der Waals surface area contributed by atoms with Crippen molar-refractivity contribution in [1.29, 1.82) is 0 Å². The summed E-state index contributed by atoms with van der Waals surface area (Å²) in [5, 5.41) is 8.72. The molecule has 5 rings (SSSR count). The lowest BCUT2D eigenvalue weighted by Crippen LogP contribution is -2.38. The Morgan fingerprint density at radius 3 is 2.38 bits per heavy atom. The number of hydrogen-bond acceptors (Lipinski definition) is 5. The average Bonchev–Trinajstić information content (AvgIpc) is 2.96. The van der Waals surface area contributed by atoms with Crippen molar-refractivity contribution in [3.05, 3.63) is 47.7 Å². The highest BCUT2D eigenvalue weighted by molar-refractivity contribution is 5.47. The van der Waals surface area contributed by atoms with E-state index in [0.29, 0.717) is 11.7 Å². The van der Waals surface area contributed by atoms with E-state index in [-0.39, 0.29) is 0 Å².